The second-order valence-electron chi connectivity index (χ2n) is 5.53. The number of benzene rings is 2. The van der Waals surface area contributed by atoms with Crippen LogP contribution in [0.5, 0.6) is 0 Å². The van der Waals surface area contributed by atoms with Crippen molar-refractivity contribution in [3.05, 3.63) is 58.6 Å². The Morgan fingerprint density at radius 1 is 1.13 bits per heavy atom. The average Bonchev–Trinajstić information content (AvgIpc) is 3.08. The molecule has 0 bridgehead atoms. The molecule has 1 atom stereocenters. The highest BCUT2D eigenvalue weighted by Crippen LogP contribution is 2.19. The average molecular weight is 375 g/mol. The lowest BCUT2D eigenvalue weighted by Crippen LogP contribution is -2.18. The van der Waals surface area contributed by atoms with E-state index in [-0.39, 0.29) is 5.91 Å². The van der Waals surface area contributed by atoms with Gasteiger partial charge in [-0.2, -0.15) is 0 Å². The minimum atomic E-state index is -0.127. The van der Waals surface area contributed by atoms with E-state index in [0.29, 0.717) is 11.7 Å². The molecule has 1 aliphatic rings. The van der Waals surface area contributed by atoms with Gasteiger partial charge >= 0.3 is 0 Å². The van der Waals surface area contributed by atoms with E-state index in [1.165, 1.54) is 0 Å². The Hall–Kier alpha value is -1.85. The molecule has 2 aromatic carbocycles. The highest BCUT2D eigenvalue weighted by atomic mass is 79.9. The molecule has 0 spiro atoms. The number of nitrogens with one attached hydrogen (secondary N) is 2. The molecule has 0 aromatic heterocycles. The lowest BCUT2D eigenvalue weighted by atomic mass is 10.2. The Morgan fingerprint density at radius 3 is 2.57 bits per heavy atom. The topological polar surface area (TPSA) is 50.4 Å². The third kappa shape index (κ3) is 4.33. The molecule has 2 N–H and O–H groups in total. The molecule has 1 saturated heterocycles. The number of ether oxygens (including phenoxy) is 1. The van der Waals surface area contributed by atoms with Crippen LogP contribution in [0.1, 0.15) is 23.2 Å². The van der Waals surface area contributed by atoms with Gasteiger partial charge in [0.15, 0.2) is 0 Å². The Labute approximate surface area is 144 Å². The van der Waals surface area contributed by atoms with Crippen molar-refractivity contribution in [2.75, 3.05) is 23.8 Å². The second-order valence-corrected chi connectivity index (χ2v) is 6.38. The number of halogens is 1. The monoisotopic (exact) mass is 374 g/mol. The zero-order chi connectivity index (χ0) is 16.1. The number of anilines is 2. The van der Waals surface area contributed by atoms with Gasteiger partial charge in [0.25, 0.3) is 5.91 Å². The first-order chi connectivity index (χ1) is 11.2. The van der Waals surface area contributed by atoms with E-state index in [0.717, 1.165) is 41.8 Å². The number of rotatable bonds is 5. The Morgan fingerprint density at radius 2 is 1.87 bits per heavy atom. The Balaban J connectivity index is 1.56. The smallest absolute Gasteiger partial charge is 0.256 e. The summed E-state index contributed by atoms with van der Waals surface area (Å²) in [6, 6.07) is 15.1. The number of amides is 1. The first-order valence-electron chi connectivity index (χ1n) is 7.74. The Kier molecular flexibility index (Phi) is 5.31. The van der Waals surface area contributed by atoms with Crippen molar-refractivity contribution in [1.82, 2.24) is 0 Å². The number of hydrogen-bond acceptors (Lipinski definition) is 3. The SMILES string of the molecule is O=C(Nc1ccc(NCC2CCCO2)cc1)c1ccccc1Br. The molecule has 4 nitrogen and oxygen atoms in total. The normalized spacial score (nSPS) is 17.0. The zero-order valence-electron chi connectivity index (χ0n) is 12.7. The quantitative estimate of drug-likeness (QED) is 0.820. The summed E-state index contributed by atoms with van der Waals surface area (Å²) in [6.45, 7) is 1.69. The van der Waals surface area contributed by atoms with Crippen molar-refractivity contribution >= 4 is 33.2 Å². The van der Waals surface area contributed by atoms with E-state index < -0.39 is 0 Å². The van der Waals surface area contributed by atoms with Crippen LogP contribution in [0, 0.1) is 0 Å². The first kappa shape index (κ1) is 16.0. The van der Waals surface area contributed by atoms with Crippen molar-refractivity contribution in [1.29, 1.82) is 0 Å². The molecule has 23 heavy (non-hydrogen) atoms. The largest absolute Gasteiger partial charge is 0.382 e. The first-order valence-corrected chi connectivity index (χ1v) is 8.53. The third-order valence-corrected chi connectivity index (χ3v) is 4.51. The number of carbonyl (C=O) groups excluding carboxylic acids is 1. The van der Waals surface area contributed by atoms with E-state index in [1.54, 1.807) is 6.07 Å². The van der Waals surface area contributed by atoms with Crippen molar-refractivity contribution < 1.29 is 9.53 Å². The van der Waals surface area contributed by atoms with Gasteiger partial charge in [0.1, 0.15) is 0 Å². The van der Waals surface area contributed by atoms with E-state index in [1.807, 2.05) is 42.5 Å². The molecule has 1 fully saturated rings. The Bertz CT molecular complexity index is 667. The highest BCUT2D eigenvalue weighted by molar-refractivity contribution is 9.10. The molecule has 5 heteroatoms. The maximum absolute atomic E-state index is 12.2. The summed E-state index contributed by atoms with van der Waals surface area (Å²) in [5, 5.41) is 6.26. The standard InChI is InChI=1S/C18H19BrN2O2/c19-17-6-2-1-5-16(17)18(22)21-14-9-7-13(8-10-14)20-12-15-4-3-11-23-15/h1-2,5-10,15,20H,3-4,11-12H2,(H,21,22). The van der Waals surface area contributed by atoms with Crippen LogP contribution in [0.15, 0.2) is 53.0 Å². The van der Waals surface area contributed by atoms with Crippen LogP contribution in [0.3, 0.4) is 0 Å². The number of carbonyl (C=O) groups is 1. The highest BCUT2D eigenvalue weighted by Gasteiger charge is 2.14. The van der Waals surface area contributed by atoms with Crippen LogP contribution in [0.4, 0.5) is 11.4 Å². The van der Waals surface area contributed by atoms with E-state index >= 15 is 0 Å². The summed E-state index contributed by atoms with van der Waals surface area (Å²) >= 11 is 3.39. The summed E-state index contributed by atoms with van der Waals surface area (Å²) in [5.74, 6) is -0.127. The third-order valence-electron chi connectivity index (χ3n) is 3.82. The zero-order valence-corrected chi connectivity index (χ0v) is 14.3. The van der Waals surface area contributed by atoms with Crippen LogP contribution in [-0.4, -0.2) is 25.2 Å². The minimum Gasteiger partial charge on any atom is -0.382 e. The van der Waals surface area contributed by atoms with Gasteiger partial charge in [-0.3, -0.25) is 4.79 Å². The lowest BCUT2D eigenvalue weighted by Gasteiger charge is -2.12. The van der Waals surface area contributed by atoms with Crippen LogP contribution >= 0.6 is 15.9 Å². The molecule has 0 saturated carbocycles. The van der Waals surface area contributed by atoms with Gasteiger partial charge in [-0.05, 0) is 65.2 Å². The fourth-order valence-electron chi connectivity index (χ4n) is 2.55. The van der Waals surface area contributed by atoms with Crippen molar-refractivity contribution in [3.8, 4) is 0 Å². The van der Waals surface area contributed by atoms with Gasteiger partial charge in [0.05, 0.1) is 11.7 Å². The van der Waals surface area contributed by atoms with E-state index in [2.05, 4.69) is 26.6 Å². The van der Waals surface area contributed by atoms with Crippen LogP contribution < -0.4 is 10.6 Å². The molecule has 1 amide bonds. The molecule has 2 aromatic rings. The maximum Gasteiger partial charge on any atom is 0.256 e. The number of hydrogen-bond donors (Lipinski definition) is 2. The van der Waals surface area contributed by atoms with Crippen molar-refractivity contribution in [3.63, 3.8) is 0 Å². The molecular formula is C18H19BrN2O2. The summed E-state index contributed by atoms with van der Waals surface area (Å²) in [6.07, 6.45) is 2.57. The molecular weight excluding hydrogens is 356 g/mol. The van der Waals surface area contributed by atoms with Gasteiger partial charge in [-0.15, -0.1) is 0 Å². The van der Waals surface area contributed by atoms with Gasteiger partial charge in [-0.1, -0.05) is 12.1 Å². The van der Waals surface area contributed by atoms with Crippen LogP contribution in [-0.2, 0) is 4.74 Å². The summed E-state index contributed by atoms with van der Waals surface area (Å²) in [7, 11) is 0. The van der Waals surface area contributed by atoms with Gasteiger partial charge in [0, 0.05) is 29.0 Å². The molecule has 1 aliphatic heterocycles. The molecule has 0 radical (unpaired) electrons. The van der Waals surface area contributed by atoms with E-state index in [9.17, 15) is 4.79 Å². The van der Waals surface area contributed by atoms with Crippen LogP contribution in [0.25, 0.3) is 0 Å². The predicted molar refractivity (Wildman–Crippen MR) is 96.0 cm³/mol. The summed E-state index contributed by atoms with van der Waals surface area (Å²) in [5.41, 5.74) is 2.42. The second kappa shape index (κ2) is 7.62. The van der Waals surface area contributed by atoms with Crippen LogP contribution in [0.2, 0.25) is 0 Å². The van der Waals surface area contributed by atoms with Gasteiger partial charge in [0.2, 0.25) is 0 Å². The molecule has 0 aliphatic carbocycles. The molecule has 1 unspecified atom stereocenters. The van der Waals surface area contributed by atoms with Gasteiger partial charge in [-0.25, -0.2) is 0 Å². The summed E-state index contributed by atoms with van der Waals surface area (Å²) < 4.78 is 6.37. The molecule has 1 heterocycles. The molecule has 3 rings (SSSR count). The van der Waals surface area contributed by atoms with Crippen molar-refractivity contribution in [2.24, 2.45) is 0 Å². The van der Waals surface area contributed by atoms with Gasteiger partial charge < -0.3 is 15.4 Å². The fraction of sp³-hybridized carbons (Fsp3) is 0.278. The maximum atomic E-state index is 12.2. The lowest BCUT2D eigenvalue weighted by molar-refractivity contribution is 0.102. The predicted octanol–water partition coefficient (Wildman–Crippen LogP) is 4.29. The molecule has 120 valence electrons. The van der Waals surface area contributed by atoms with Crippen molar-refractivity contribution in [2.45, 2.75) is 18.9 Å². The fourth-order valence-corrected chi connectivity index (χ4v) is 3.02. The minimum absolute atomic E-state index is 0.127. The summed E-state index contributed by atoms with van der Waals surface area (Å²) in [4.78, 5) is 12.2. The van der Waals surface area contributed by atoms with E-state index in [4.69, 9.17) is 4.74 Å².